The molecule has 130 valence electrons. The van der Waals surface area contributed by atoms with E-state index in [1.807, 2.05) is 18.2 Å². The Hall–Kier alpha value is -2.87. The van der Waals surface area contributed by atoms with Gasteiger partial charge in [0.05, 0.1) is 5.52 Å². The summed E-state index contributed by atoms with van der Waals surface area (Å²) in [5.74, 6) is 0.857. The number of rotatable bonds is 3. The number of aryl methyl sites for hydroxylation is 3. The fraction of sp³-hybridized carbons (Fsp3) is 0.208. The largest absolute Gasteiger partial charge is 0.454 e. The van der Waals surface area contributed by atoms with Crippen molar-refractivity contribution in [1.29, 1.82) is 0 Å². The van der Waals surface area contributed by atoms with Crippen LogP contribution in [0, 0.1) is 20.8 Å². The summed E-state index contributed by atoms with van der Waals surface area (Å²) in [6.07, 6.45) is 0.841. The van der Waals surface area contributed by atoms with Crippen LogP contribution in [-0.4, -0.2) is 4.98 Å². The Morgan fingerprint density at radius 3 is 2.54 bits per heavy atom. The highest BCUT2D eigenvalue weighted by molar-refractivity contribution is 5.91. The molecule has 0 saturated carbocycles. The van der Waals surface area contributed by atoms with Gasteiger partial charge < -0.3 is 4.42 Å². The van der Waals surface area contributed by atoms with Gasteiger partial charge in [-0.05, 0) is 63.4 Å². The highest BCUT2D eigenvalue weighted by atomic mass is 16.3. The van der Waals surface area contributed by atoms with Gasteiger partial charge in [0.15, 0.2) is 5.76 Å². The van der Waals surface area contributed by atoms with E-state index in [0.717, 1.165) is 45.5 Å². The molecule has 26 heavy (non-hydrogen) atoms. The highest BCUT2D eigenvalue weighted by Crippen LogP contribution is 2.35. The van der Waals surface area contributed by atoms with Crippen LogP contribution < -0.4 is 0 Å². The van der Waals surface area contributed by atoms with Gasteiger partial charge in [-0.1, -0.05) is 42.0 Å². The van der Waals surface area contributed by atoms with E-state index in [-0.39, 0.29) is 0 Å². The molecule has 0 aliphatic rings. The van der Waals surface area contributed by atoms with Crippen LogP contribution in [-0.2, 0) is 6.42 Å². The van der Waals surface area contributed by atoms with Crippen molar-refractivity contribution in [2.45, 2.75) is 34.1 Å². The Balaban J connectivity index is 2.03. The first-order chi connectivity index (χ1) is 12.4. The Morgan fingerprint density at radius 1 is 1.04 bits per heavy atom. The minimum Gasteiger partial charge on any atom is -0.454 e. The number of para-hydroxylation sites is 1. The summed E-state index contributed by atoms with van der Waals surface area (Å²) >= 11 is 0. The van der Waals surface area contributed by atoms with E-state index in [0.29, 0.717) is 0 Å². The summed E-state index contributed by atoms with van der Waals surface area (Å²) in [5.41, 5.74) is 8.83. The summed E-state index contributed by atoms with van der Waals surface area (Å²) in [6, 6.07) is 14.7. The second-order valence-corrected chi connectivity index (χ2v) is 7.33. The van der Waals surface area contributed by atoms with Gasteiger partial charge >= 0.3 is 0 Å². The van der Waals surface area contributed by atoms with Crippen LogP contribution >= 0.6 is 0 Å². The topological polar surface area (TPSA) is 26.0 Å². The quantitative estimate of drug-likeness (QED) is 0.388. The number of benzene rings is 2. The lowest BCUT2D eigenvalue weighted by atomic mass is 9.97. The lowest BCUT2D eigenvalue weighted by Crippen LogP contribution is -1.96. The maximum atomic E-state index is 6.17. The Kier molecular flexibility index (Phi) is 3.91. The molecule has 4 rings (SSSR count). The zero-order valence-electron chi connectivity index (χ0n) is 15.8. The van der Waals surface area contributed by atoms with Crippen LogP contribution in [0.3, 0.4) is 0 Å². The summed E-state index contributed by atoms with van der Waals surface area (Å²) in [6.45, 7) is 12.5. The minimum absolute atomic E-state index is 0.841. The summed E-state index contributed by atoms with van der Waals surface area (Å²) in [4.78, 5) is 4.99. The molecule has 0 unspecified atom stereocenters. The maximum absolute atomic E-state index is 6.17. The molecule has 4 aromatic rings. The van der Waals surface area contributed by atoms with Crippen molar-refractivity contribution in [3.8, 4) is 11.5 Å². The number of hydrogen-bond acceptors (Lipinski definition) is 2. The third-order valence-corrected chi connectivity index (χ3v) is 4.90. The predicted molar refractivity (Wildman–Crippen MR) is 110 cm³/mol. The highest BCUT2D eigenvalue weighted by Gasteiger charge is 2.16. The van der Waals surface area contributed by atoms with Gasteiger partial charge in [-0.2, -0.15) is 0 Å². The molecule has 2 heterocycles. The molecule has 2 nitrogen and oxygen atoms in total. The number of pyridine rings is 1. The molecular weight excluding hydrogens is 318 g/mol. The molecule has 0 fully saturated rings. The number of nitrogens with zero attached hydrogens (tertiary/aromatic N) is 1. The smallest absolute Gasteiger partial charge is 0.156 e. The van der Waals surface area contributed by atoms with Crippen LogP contribution in [0.2, 0.25) is 0 Å². The zero-order valence-corrected chi connectivity index (χ0v) is 15.8. The summed E-state index contributed by atoms with van der Waals surface area (Å²) in [7, 11) is 0. The van der Waals surface area contributed by atoms with Crippen molar-refractivity contribution in [2.24, 2.45) is 0 Å². The molecule has 0 spiro atoms. The van der Waals surface area contributed by atoms with Gasteiger partial charge in [0, 0.05) is 16.3 Å². The van der Waals surface area contributed by atoms with Crippen LogP contribution in [0.25, 0.3) is 33.3 Å². The lowest BCUT2D eigenvalue weighted by molar-refractivity contribution is 0.626. The predicted octanol–water partition coefficient (Wildman–Crippen LogP) is 6.69. The molecule has 0 aliphatic heterocycles. The number of furan rings is 1. The van der Waals surface area contributed by atoms with Crippen molar-refractivity contribution < 1.29 is 4.42 Å². The summed E-state index contributed by atoms with van der Waals surface area (Å²) < 4.78 is 6.17. The molecular formula is C24H23NO. The Bertz CT molecular complexity index is 1160. The van der Waals surface area contributed by atoms with Crippen molar-refractivity contribution >= 4 is 21.9 Å². The SMILES string of the molecule is C=C(C)Cc1cc(-c2oc3ccccc3c2C)nc2c(C)cc(C)cc12. The van der Waals surface area contributed by atoms with Crippen LogP contribution in [0.1, 0.15) is 29.2 Å². The molecule has 0 bridgehead atoms. The van der Waals surface area contributed by atoms with E-state index in [2.05, 4.69) is 58.5 Å². The third kappa shape index (κ3) is 2.72. The molecule has 0 N–H and O–H groups in total. The molecule has 0 saturated heterocycles. The Morgan fingerprint density at radius 2 is 1.81 bits per heavy atom. The number of aromatic nitrogens is 1. The molecule has 2 aromatic carbocycles. The fourth-order valence-electron chi connectivity index (χ4n) is 3.76. The first-order valence-corrected chi connectivity index (χ1v) is 8.98. The minimum atomic E-state index is 0.841. The maximum Gasteiger partial charge on any atom is 0.156 e. The van der Waals surface area contributed by atoms with E-state index >= 15 is 0 Å². The fourth-order valence-corrected chi connectivity index (χ4v) is 3.76. The second-order valence-electron chi connectivity index (χ2n) is 7.33. The van der Waals surface area contributed by atoms with Gasteiger partial charge in [-0.3, -0.25) is 0 Å². The van der Waals surface area contributed by atoms with Gasteiger partial charge in [0.1, 0.15) is 11.3 Å². The zero-order chi connectivity index (χ0) is 18.4. The molecule has 2 heteroatoms. The first kappa shape index (κ1) is 16.6. The van der Waals surface area contributed by atoms with Gasteiger partial charge in [0.2, 0.25) is 0 Å². The van der Waals surface area contributed by atoms with E-state index < -0.39 is 0 Å². The standard InChI is InChI=1S/C24H23NO/c1-14(2)10-18-13-21(25-23-16(4)11-15(3)12-20(18)23)24-17(5)19-8-6-7-9-22(19)26-24/h6-9,11-13H,1,10H2,2-5H3. The number of fused-ring (bicyclic) bond motifs is 2. The van der Waals surface area contributed by atoms with Crippen LogP contribution in [0.5, 0.6) is 0 Å². The lowest BCUT2D eigenvalue weighted by Gasteiger charge is -2.12. The van der Waals surface area contributed by atoms with E-state index in [4.69, 9.17) is 9.40 Å². The number of hydrogen-bond donors (Lipinski definition) is 0. The average Bonchev–Trinajstić information content (AvgIpc) is 2.92. The van der Waals surface area contributed by atoms with Crippen molar-refractivity contribution in [2.75, 3.05) is 0 Å². The van der Waals surface area contributed by atoms with E-state index in [1.165, 1.54) is 22.1 Å². The van der Waals surface area contributed by atoms with Crippen molar-refractivity contribution in [1.82, 2.24) is 4.98 Å². The van der Waals surface area contributed by atoms with Crippen LogP contribution in [0.4, 0.5) is 0 Å². The van der Waals surface area contributed by atoms with Crippen molar-refractivity contribution in [3.63, 3.8) is 0 Å². The molecule has 0 atom stereocenters. The van der Waals surface area contributed by atoms with E-state index in [9.17, 15) is 0 Å². The van der Waals surface area contributed by atoms with E-state index in [1.54, 1.807) is 0 Å². The molecule has 0 aliphatic carbocycles. The first-order valence-electron chi connectivity index (χ1n) is 8.98. The molecule has 0 amide bonds. The van der Waals surface area contributed by atoms with Gasteiger partial charge in [0.25, 0.3) is 0 Å². The monoisotopic (exact) mass is 341 g/mol. The Labute approximate surface area is 154 Å². The summed E-state index contributed by atoms with van der Waals surface area (Å²) in [5, 5.41) is 2.36. The third-order valence-electron chi connectivity index (χ3n) is 4.90. The second kappa shape index (κ2) is 6.14. The van der Waals surface area contributed by atoms with Crippen molar-refractivity contribution in [3.05, 3.63) is 76.9 Å². The molecule has 0 radical (unpaired) electrons. The molecule has 2 aromatic heterocycles. The number of allylic oxidation sites excluding steroid dienone is 1. The average molecular weight is 341 g/mol. The van der Waals surface area contributed by atoms with Gasteiger partial charge in [-0.15, -0.1) is 0 Å². The van der Waals surface area contributed by atoms with Gasteiger partial charge in [-0.25, -0.2) is 4.98 Å². The normalized spacial score (nSPS) is 11.4. The van der Waals surface area contributed by atoms with Crippen LogP contribution in [0.15, 0.2) is 59.0 Å².